The number of unbranched alkanes of at least 4 members (excludes halogenated alkanes) is 11. The van der Waals surface area contributed by atoms with Gasteiger partial charge in [0.25, 0.3) is 0 Å². The second-order valence-corrected chi connectivity index (χ2v) is 7.80. The van der Waals surface area contributed by atoms with Crippen molar-refractivity contribution in [1.29, 1.82) is 0 Å². The zero-order valence-electron chi connectivity index (χ0n) is 18.1. The lowest BCUT2D eigenvalue weighted by Gasteiger charge is -2.18. The van der Waals surface area contributed by atoms with Crippen LogP contribution in [0.15, 0.2) is 0 Å². The maximum atomic E-state index is 11.8. The molecule has 0 spiro atoms. The van der Waals surface area contributed by atoms with E-state index < -0.39 is 48.6 Å². The summed E-state index contributed by atoms with van der Waals surface area (Å²) in [5, 5.41) is 27.0. The topological polar surface area (TPSA) is 138 Å². The normalized spacial score (nSPS) is 12.8. The molecular formula is C22H38O8. The van der Waals surface area contributed by atoms with E-state index in [0.29, 0.717) is 6.42 Å². The number of carboxylic acids is 3. The molecule has 0 heterocycles. The van der Waals surface area contributed by atoms with Crippen LogP contribution in [0.2, 0.25) is 0 Å². The summed E-state index contributed by atoms with van der Waals surface area (Å²) in [5.74, 6) is -8.64. The highest BCUT2D eigenvalue weighted by Crippen LogP contribution is 2.22. The van der Waals surface area contributed by atoms with E-state index in [-0.39, 0.29) is 6.61 Å². The largest absolute Gasteiger partial charge is 0.481 e. The van der Waals surface area contributed by atoms with E-state index in [1.807, 2.05) is 0 Å². The Labute approximate surface area is 179 Å². The smallest absolute Gasteiger partial charge is 0.307 e. The van der Waals surface area contributed by atoms with Crippen molar-refractivity contribution in [2.75, 3.05) is 6.61 Å². The average Bonchev–Trinajstić information content (AvgIpc) is 2.67. The van der Waals surface area contributed by atoms with Gasteiger partial charge in [0.1, 0.15) is 0 Å². The zero-order valence-corrected chi connectivity index (χ0v) is 18.1. The molecule has 0 aromatic rings. The van der Waals surface area contributed by atoms with Crippen molar-refractivity contribution in [3.05, 3.63) is 0 Å². The highest BCUT2D eigenvalue weighted by molar-refractivity contribution is 5.86. The quantitative estimate of drug-likeness (QED) is 0.190. The summed E-state index contributed by atoms with van der Waals surface area (Å²) < 4.78 is 5.01. The second-order valence-electron chi connectivity index (χ2n) is 7.80. The van der Waals surface area contributed by atoms with Crippen LogP contribution in [0.4, 0.5) is 0 Å². The molecule has 8 nitrogen and oxygen atoms in total. The first kappa shape index (κ1) is 27.9. The molecule has 0 bridgehead atoms. The van der Waals surface area contributed by atoms with Crippen LogP contribution >= 0.6 is 0 Å². The molecule has 0 aliphatic heterocycles. The summed E-state index contributed by atoms with van der Waals surface area (Å²) in [6.45, 7) is 2.37. The summed E-state index contributed by atoms with van der Waals surface area (Å²) in [6.07, 6.45) is 12.5. The van der Waals surface area contributed by atoms with Gasteiger partial charge >= 0.3 is 23.9 Å². The molecule has 0 amide bonds. The molecule has 0 aromatic heterocycles. The summed E-state index contributed by atoms with van der Waals surface area (Å²) >= 11 is 0. The minimum atomic E-state index is -1.68. The molecule has 0 rings (SSSR count). The number of carboxylic acid groups (broad SMARTS) is 3. The van der Waals surface area contributed by atoms with Crippen LogP contribution < -0.4 is 0 Å². The molecule has 8 heteroatoms. The van der Waals surface area contributed by atoms with E-state index in [1.54, 1.807) is 0 Å². The predicted molar refractivity (Wildman–Crippen MR) is 111 cm³/mol. The van der Waals surface area contributed by atoms with Crippen LogP contribution in [0, 0.1) is 11.8 Å². The molecule has 0 aromatic carbocycles. The van der Waals surface area contributed by atoms with Gasteiger partial charge in [0.05, 0.1) is 31.3 Å². The van der Waals surface area contributed by atoms with Crippen LogP contribution in [0.1, 0.15) is 96.8 Å². The number of hydrogen-bond donors (Lipinski definition) is 3. The lowest BCUT2D eigenvalue weighted by Crippen LogP contribution is -2.33. The number of hydrogen-bond acceptors (Lipinski definition) is 5. The minimum absolute atomic E-state index is 0.152. The average molecular weight is 431 g/mol. The zero-order chi connectivity index (χ0) is 22.8. The van der Waals surface area contributed by atoms with Crippen LogP contribution in [0.5, 0.6) is 0 Å². The fourth-order valence-corrected chi connectivity index (χ4v) is 3.36. The molecule has 3 N–H and O–H groups in total. The minimum Gasteiger partial charge on any atom is -0.481 e. The lowest BCUT2D eigenvalue weighted by molar-refractivity contribution is -0.161. The van der Waals surface area contributed by atoms with Crippen molar-refractivity contribution in [1.82, 2.24) is 0 Å². The molecule has 174 valence electrons. The maximum absolute atomic E-state index is 11.8. The molecule has 2 atom stereocenters. The monoisotopic (exact) mass is 430 g/mol. The van der Waals surface area contributed by atoms with E-state index in [0.717, 1.165) is 19.3 Å². The van der Waals surface area contributed by atoms with Gasteiger partial charge in [0, 0.05) is 0 Å². The Kier molecular flexibility index (Phi) is 16.5. The summed E-state index contributed by atoms with van der Waals surface area (Å²) in [6, 6.07) is 0. The maximum Gasteiger partial charge on any atom is 0.307 e. The third kappa shape index (κ3) is 14.8. The number of carbonyl (C=O) groups excluding carboxylic acids is 1. The molecule has 0 fully saturated rings. The SMILES string of the molecule is CCCCCCCCCCCCCCOC(=O)CC(C(=O)O)C(CC(=O)O)C(=O)O. The van der Waals surface area contributed by atoms with Gasteiger partial charge in [-0.15, -0.1) is 0 Å². The van der Waals surface area contributed by atoms with Crippen molar-refractivity contribution < 1.29 is 39.2 Å². The van der Waals surface area contributed by atoms with Gasteiger partial charge in [-0.1, -0.05) is 77.6 Å². The number of carbonyl (C=O) groups is 4. The van der Waals surface area contributed by atoms with Crippen LogP contribution in [0.25, 0.3) is 0 Å². The number of aliphatic carboxylic acids is 3. The van der Waals surface area contributed by atoms with Crippen LogP contribution in [-0.2, 0) is 23.9 Å². The first-order valence-electron chi connectivity index (χ1n) is 11.1. The van der Waals surface area contributed by atoms with Crippen LogP contribution in [-0.4, -0.2) is 45.8 Å². The second kappa shape index (κ2) is 17.7. The standard InChI is InChI=1S/C22H38O8/c1-2-3-4-5-6-7-8-9-10-11-12-13-14-30-20(25)16-18(22(28)29)17(21(26)27)15-19(23)24/h17-18H,2-16H2,1H3,(H,23,24)(H,26,27)(H,28,29). The van der Waals surface area contributed by atoms with Crippen molar-refractivity contribution in [2.24, 2.45) is 11.8 Å². The Morgan fingerprint density at radius 2 is 1.03 bits per heavy atom. The third-order valence-corrected chi connectivity index (χ3v) is 5.16. The summed E-state index contributed by atoms with van der Waals surface area (Å²) in [5.41, 5.74) is 0. The third-order valence-electron chi connectivity index (χ3n) is 5.16. The van der Waals surface area contributed by atoms with E-state index in [1.165, 1.54) is 51.4 Å². The molecule has 30 heavy (non-hydrogen) atoms. The van der Waals surface area contributed by atoms with Gasteiger partial charge in [0.15, 0.2) is 0 Å². The Morgan fingerprint density at radius 1 is 0.633 bits per heavy atom. The van der Waals surface area contributed by atoms with Crippen molar-refractivity contribution in [2.45, 2.75) is 96.8 Å². The number of esters is 1. The molecular weight excluding hydrogens is 392 g/mol. The highest BCUT2D eigenvalue weighted by atomic mass is 16.5. The van der Waals surface area contributed by atoms with Crippen molar-refractivity contribution in [3.8, 4) is 0 Å². The fraction of sp³-hybridized carbons (Fsp3) is 0.818. The van der Waals surface area contributed by atoms with Gasteiger partial charge < -0.3 is 20.1 Å². The molecule has 0 radical (unpaired) electrons. The number of rotatable bonds is 20. The Hall–Kier alpha value is -2.12. The molecule has 0 saturated carbocycles. The first-order valence-corrected chi connectivity index (χ1v) is 11.1. The van der Waals surface area contributed by atoms with Gasteiger partial charge in [-0.3, -0.25) is 19.2 Å². The van der Waals surface area contributed by atoms with Gasteiger partial charge in [-0.05, 0) is 6.42 Å². The molecule has 0 aliphatic carbocycles. The van der Waals surface area contributed by atoms with Gasteiger partial charge in [0.2, 0.25) is 0 Å². The van der Waals surface area contributed by atoms with Crippen molar-refractivity contribution >= 4 is 23.9 Å². The lowest BCUT2D eigenvalue weighted by atomic mass is 9.87. The fourth-order valence-electron chi connectivity index (χ4n) is 3.36. The first-order chi connectivity index (χ1) is 14.3. The van der Waals surface area contributed by atoms with Crippen LogP contribution in [0.3, 0.4) is 0 Å². The van der Waals surface area contributed by atoms with E-state index >= 15 is 0 Å². The Balaban J connectivity index is 3.90. The van der Waals surface area contributed by atoms with Crippen molar-refractivity contribution in [3.63, 3.8) is 0 Å². The van der Waals surface area contributed by atoms with E-state index in [4.69, 9.17) is 14.9 Å². The number of ether oxygens (including phenoxy) is 1. The van der Waals surface area contributed by atoms with Gasteiger partial charge in [-0.25, -0.2) is 0 Å². The molecule has 0 aliphatic rings. The Morgan fingerprint density at radius 3 is 1.43 bits per heavy atom. The summed E-state index contributed by atoms with van der Waals surface area (Å²) in [7, 11) is 0. The molecule has 2 unspecified atom stereocenters. The molecule has 0 saturated heterocycles. The van der Waals surface area contributed by atoms with E-state index in [9.17, 15) is 24.3 Å². The summed E-state index contributed by atoms with van der Waals surface area (Å²) in [4.78, 5) is 45.1. The highest BCUT2D eigenvalue weighted by Gasteiger charge is 2.37. The van der Waals surface area contributed by atoms with Gasteiger partial charge in [-0.2, -0.15) is 0 Å². The predicted octanol–water partition coefficient (Wildman–Crippen LogP) is 4.50. The van der Waals surface area contributed by atoms with E-state index in [2.05, 4.69) is 6.92 Å². The Bertz CT molecular complexity index is 517.